The lowest BCUT2D eigenvalue weighted by Crippen LogP contribution is -2.04. The topological polar surface area (TPSA) is 78.9 Å². The number of rotatable bonds is 2. The first kappa shape index (κ1) is 10.7. The second-order valence-electron chi connectivity index (χ2n) is 3.16. The molecule has 2 N–H and O–H groups in total. The fourth-order valence-corrected chi connectivity index (χ4v) is 1.33. The van der Waals surface area contributed by atoms with Gasteiger partial charge in [-0.3, -0.25) is 0 Å². The van der Waals surface area contributed by atoms with Crippen molar-refractivity contribution in [3.05, 3.63) is 23.0 Å². The van der Waals surface area contributed by atoms with Crippen molar-refractivity contribution in [1.82, 2.24) is 19.7 Å². The second-order valence-corrected chi connectivity index (χ2v) is 3.57. The van der Waals surface area contributed by atoms with Crippen LogP contribution in [0.3, 0.4) is 0 Å². The molecule has 0 aromatic carbocycles. The highest BCUT2D eigenvalue weighted by Gasteiger charge is 2.09. The average Bonchev–Trinajstić information content (AvgIpc) is 2.58. The van der Waals surface area contributed by atoms with Gasteiger partial charge in [-0.25, -0.2) is 9.67 Å². The van der Waals surface area contributed by atoms with Gasteiger partial charge in [0, 0.05) is 11.8 Å². The summed E-state index contributed by atoms with van der Waals surface area (Å²) in [5, 5.41) is 4.34. The van der Waals surface area contributed by atoms with Crippen molar-refractivity contribution in [3.63, 3.8) is 0 Å². The monoisotopic (exact) mass is 239 g/mol. The molecular formula is C9H10ClN5O. The number of anilines is 1. The first-order chi connectivity index (χ1) is 7.60. The van der Waals surface area contributed by atoms with E-state index in [1.54, 1.807) is 12.3 Å². The molecule has 2 aromatic rings. The summed E-state index contributed by atoms with van der Waals surface area (Å²) in [4.78, 5) is 8.33. The number of nitrogens with two attached hydrogens (primary N) is 1. The van der Waals surface area contributed by atoms with Gasteiger partial charge in [0.05, 0.1) is 13.3 Å². The Labute approximate surface area is 97.0 Å². The molecule has 2 rings (SSSR count). The molecule has 0 unspecified atom stereocenters. The molecule has 16 heavy (non-hydrogen) atoms. The molecule has 0 aliphatic carbocycles. The van der Waals surface area contributed by atoms with E-state index in [1.807, 2.05) is 6.92 Å². The van der Waals surface area contributed by atoms with Crippen molar-refractivity contribution in [2.75, 3.05) is 12.8 Å². The molecule has 7 heteroatoms. The van der Waals surface area contributed by atoms with Crippen molar-refractivity contribution < 1.29 is 4.74 Å². The van der Waals surface area contributed by atoms with Gasteiger partial charge in [-0.1, -0.05) is 11.6 Å². The van der Waals surface area contributed by atoms with Crippen molar-refractivity contribution in [3.8, 4) is 11.8 Å². The fraction of sp³-hybridized carbons (Fsp3) is 0.222. The van der Waals surface area contributed by atoms with Crippen LogP contribution in [0, 0.1) is 6.92 Å². The van der Waals surface area contributed by atoms with Crippen molar-refractivity contribution in [2.45, 2.75) is 6.92 Å². The number of nitrogen functional groups attached to an aromatic ring is 1. The minimum atomic E-state index is 0.241. The molecule has 2 aromatic heterocycles. The van der Waals surface area contributed by atoms with Gasteiger partial charge in [-0.2, -0.15) is 4.98 Å². The normalized spacial score (nSPS) is 10.4. The molecule has 2 heterocycles. The number of nitrogens with zero attached hydrogens (tertiary/aromatic N) is 4. The van der Waals surface area contributed by atoms with Crippen molar-refractivity contribution in [1.29, 1.82) is 0 Å². The van der Waals surface area contributed by atoms with Gasteiger partial charge in [-0.05, 0) is 6.92 Å². The first-order valence-corrected chi connectivity index (χ1v) is 4.88. The third kappa shape index (κ3) is 1.92. The third-order valence-electron chi connectivity index (χ3n) is 1.93. The van der Waals surface area contributed by atoms with Gasteiger partial charge in [0.1, 0.15) is 5.02 Å². The van der Waals surface area contributed by atoms with Crippen molar-refractivity contribution in [2.24, 2.45) is 0 Å². The van der Waals surface area contributed by atoms with E-state index in [2.05, 4.69) is 15.1 Å². The number of aryl methyl sites for hydroxylation is 1. The Balaban J connectivity index is 2.50. The lowest BCUT2D eigenvalue weighted by atomic mass is 10.4. The Morgan fingerprint density at radius 3 is 2.75 bits per heavy atom. The zero-order valence-corrected chi connectivity index (χ0v) is 9.56. The summed E-state index contributed by atoms with van der Waals surface area (Å²) in [6, 6.07) is 1.72. The number of halogens is 1. The fourth-order valence-electron chi connectivity index (χ4n) is 1.20. The maximum absolute atomic E-state index is 5.80. The molecule has 0 aliphatic rings. The molecule has 0 bridgehead atoms. The van der Waals surface area contributed by atoms with E-state index in [-0.39, 0.29) is 5.82 Å². The predicted octanol–water partition coefficient (Wildman–Crippen LogP) is 1.21. The van der Waals surface area contributed by atoms with Crippen LogP contribution >= 0.6 is 11.6 Å². The van der Waals surface area contributed by atoms with Gasteiger partial charge in [0.15, 0.2) is 5.82 Å². The Kier molecular flexibility index (Phi) is 2.66. The van der Waals surface area contributed by atoms with Gasteiger partial charge in [0.2, 0.25) is 5.88 Å². The van der Waals surface area contributed by atoms with Crippen LogP contribution in [0.25, 0.3) is 5.95 Å². The summed E-state index contributed by atoms with van der Waals surface area (Å²) in [5.41, 5.74) is 6.31. The van der Waals surface area contributed by atoms with Gasteiger partial charge in [0.25, 0.3) is 5.95 Å². The van der Waals surface area contributed by atoms with E-state index in [4.69, 9.17) is 22.1 Å². The molecule has 0 fully saturated rings. The van der Waals surface area contributed by atoms with E-state index in [9.17, 15) is 0 Å². The zero-order chi connectivity index (χ0) is 11.7. The summed E-state index contributed by atoms with van der Waals surface area (Å²) in [6.07, 6.45) is 1.55. The number of hydrogen-bond acceptors (Lipinski definition) is 5. The van der Waals surface area contributed by atoms with Crippen LogP contribution in [-0.2, 0) is 0 Å². The predicted molar refractivity (Wildman–Crippen MR) is 59.9 cm³/mol. The number of ether oxygens (including phenoxy) is 1. The Morgan fingerprint density at radius 2 is 2.19 bits per heavy atom. The molecule has 0 saturated heterocycles. The minimum Gasteiger partial charge on any atom is -0.481 e. The van der Waals surface area contributed by atoms with Gasteiger partial charge in [-0.15, -0.1) is 5.10 Å². The first-order valence-electron chi connectivity index (χ1n) is 4.51. The minimum absolute atomic E-state index is 0.241. The molecule has 84 valence electrons. The summed E-state index contributed by atoms with van der Waals surface area (Å²) in [7, 11) is 1.54. The molecule has 0 amide bonds. The zero-order valence-electron chi connectivity index (χ0n) is 8.81. The summed E-state index contributed by atoms with van der Waals surface area (Å²) in [6.45, 7) is 1.84. The third-order valence-corrected chi connectivity index (χ3v) is 2.22. The molecular weight excluding hydrogens is 230 g/mol. The van der Waals surface area contributed by atoms with E-state index in [0.29, 0.717) is 16.9 Å². The summed E-state index contributed by atoms with van der Waals surface area (Å²) < 4.78 is 6.45. The van der Waals surface area contributed by atoms with Crippen LogP contribution in [-0.4, -0.2) is 26.9 Å². The second kappa shape index (κ2) is 3.97. The van der Waals surface area contributed by atoms with Crippen molar-refractivity contribution >= 4 is 17.4 Å². The number of methoxy groups -OCH3 is 1. The number of hydrogen-bond donors (Lipinski definition) is 1. The van der Waals surface area contributed by atoms with E-state index < -0.39 is 0 Å². The maximum atomic E-state index is 5.80. The highest BCUT2D eigenvalue weighted by Crippen LogP contribution is 2.18. The van der Waals surface area contributed by atoms with Crippen LogP contribution in [0.4, 0.5) is 5.82 Å². The van der Waals surface area contributed by atoms with Gasteiger partial charge >= 0.3 is 0 Å². The lowest BCUT2D eigenvalue weighted by Gasteiger charge is -2.03. The highest BCUT2D eigenvalue weighted by molar-refractivity contribution is 6.32. The number of aromatic nitrogens is 4. The molecule has 0 radical (unpaired) electrons. The average molecular weight is 240 g/mol. The standard InChI is InChI=1S/C9H10ClN5O/c1-5-3-7(16-2)13-9(12-5)15-4-6(10)8(11)14-15/h3-4H,1-2H3,(H2,11,14). The van der Waals surface area contributed by atoms with Crippen LogP contribution in [0.5, 0.6) is 5.88 Å². The Hall–Kier alpha value is -1.82. The molecule has 0 aliphatic heterocycles. The van der Waals surface area contributed by atoms with Crippen LogP contribution < -0.4 is 10.5 Å². The summed E-state index contributed by atoms with van der Waals surface area (Å²) >= 11 is 5.80. The maximum Gasteiger partial charge on any atom is 0.254 e. The highest BCUT2D eigenvalue weighted by atomic mass is 35.5. The van der Waals surface area contributed by atoms with E-state index in [1.165, 1.54) is 11.8 Å². The molecule has 6 nitrogen and oxygen atoms in total. The van der Waals surface area contributed by atoms with Gasteiger partial charge < -0.3 is 10.5 Å². The Morgan fingerprint density at radius 1 is 1.44 bits per heavy atom. The lowest BCUT2D eigenvalue weighted by molar-refractivity contribution is 0.395. The van der Waals surface area contributed by atoms with E-state index in [0.717, 1.165) is 5.69 Å². The molecule has 0 saturated carbocycles. The quantitative estimate of drug-likeness (QED) is 0.852. The largest absolute Gasteiger partial charge is 0.481 e. The molecule has 0 spiro atoms. The summed E-state index contributed by atoms with van der Waals surface area (Å²) in [5.74, 6) is 1.08. The van der Waals surface area contributed by atoms with E-state index >= 15 is 0 Å². The SMILES string of the molecule is COc1cc(C)nc(-n2cc(Cl)c(N)n2)n1. The Bertz CT molecular complexity index is 505. The van der Waals surface area contributed by atoms with Crippen LogP contribution in [0.15, 0.2) is 12.3 Å². The van der Waals surface area contributed by atoms with Crippen LogP contribution in [0.1, 0.15) is 5.69 Å². The smallest absolute Gasteiger partial charge is 0.254 e. The van der Waals surface area contributed by atoms with Crippen LogP contribution in [0.2, 0.25) is 5.02 Å². The molecule has 0 atom stereocenters.